The molecule has 0 bridgehead atoms. The van der Waals surface area contributed by atoms with Crippen molar-refractivity contribution in [3.8, 4) is 5.75 Å². The first kappa shape index (κ1) is 24.2. The molecule has 0 fully saturated rings. The topological polar surface area (TPSA) is 91.8 Å². The molecule has 28 heavy (non-hydrogen) atoms. The second kappa shape index (κ2) is 11.9. The van der Waals surface area contributed by atoms with E-state index in [1.807, 2.05) is 0 Å². The van der Waals surface area contributed by atoms with Gasteiger partial charge >= 0.3 is 0 Å². The van der Waals surface area contributed by atoms with E-state index in [4.69, 9.17) is 4.74 Å². The van der Waals surface area contributed by atoms with Crippen molar-refractivity contribution in [3.05, 3.63) is 29.3 Å². The molecule has 1 rings (SSSR count). The Kier molecular flexibility index (Phi) is 10.3. The lowest BCUT2D eigenvalue weighted by Crippen LogP contribution is -2.38. The van der Waals surface area contributed by atoms with Gasteiger partial charge in [0.15, 0.2) is 5.96 Å². The van der Waals surface area contributed by atoms with Crippen molar-refractivity contribution in [1.29, 1.82) is 0 Å². The smallest absolute Gasteiger partial charge is 0.208 e. The van der Waals surface area contributed by atoms with Crippen molar-refractivity contribution in [2.75, 3.05) is 26.4 Å². The molecule has 0 aliphatic heterocycles. The number of nitrogens with zero attached hydrogens (tertiary/aromatic N) is 1. The van der Waals surface area contributed by atoms with Crippen LogP contribution in [0.5, 0.6) is 5.75 Å². The minimum absolute atomic E-state index is 0.153. The maximum atomic E-state index is 11.1. The molecule has 8 heteroatoms. The first-order valence-corrected chi connectivity index (χ1v) is 11.6. The summed E-state index contributed by atoms with van der Waals surface area (Å²) in [5, 5.41) is 6.47. The summed E-state index contributed by atoms with van der Waals surface area (Å²) >= 11 is 0. The van der Waals surface area contributed by atoms with E-state index in [2.05, 4.69) is 66.2 Å². The van der Waals surface area contributed by atoms with E-state index in [1.165, 1.54) is 0 Å². The highest BCUT2D eigenvalue weighted by Gasteiger charge is 2.11. The average Bonchev–Trinajstić information content (AvgIpc) is 2.57. The van der Waals surface area contributed by atoms with Crippen molar-refractivity contribution in [2.24, 2.45) is 10.9 Å². The molecular formula is C20H36N4O3S. The number of rotatable bonds is 11. The van der Waals surface area contributed by atoms with Crippen molar-refractivity contribution in [1.82, 2.24) is 15.4 Å². The molecule has 0 spiro atoms. The lowest BCUT2D eigenvalue weighted by atomic mass is 10.1. The summed E-state index contributed by atoms with van der Waals surface area (Å²) in [7, 11) is -1.43. The predicted octanol–water partition coefficient (Wildman–Crippen LogP) is 2.41. The molecule has 1 aromatic rings. The van der Waals surface area contributed by atoms with Gasteiger partial charge in [0.05, 0.1) is 12.4 Å². The van der Waals surface area contributed by atoms with Crippen LogP contribution in [0.1, 0.15) is 44.7 Å². The molecule has 7 nitrogen and oxygen atoms in total. The summed E-state index contributed by atoms with van der Waals surface area (Å²) in [5.41, 5.74) is 2.24. The van der Waals surface area contributed by atoms with E-state index < -0.39 is 10.0 Å². The monoisotopic (exact) mass is 412 g/mol. The van der Waals surface area contributed by atoms with E-state index in [0.717, 1.165) is 29.6 Å². The Morgan fingerprint density at radius 3 is 2.50 bits per heavy atom. The van der Waals surface area contributed by atoms with Crippen LogP contribution < -0.4 is 20.1 Å². The number of aryl methyl sites for hydroxylation is 1. The van der Waals surface area contributed by atoms with Gasteiger partial charge in [-0.2, -0.15) is 0 Å². The van der Waals surface area contributed by atoms with Crippen molar-refractivity contribution < 1.29 is 13.2 Å². The van der Waals surface area contributed by atoms with Crippen LogP contribution in [0.25, 0.3) is 0 Å². The van der Waals surface area contributed by atoms with Crippen LogP contribution in [-0.4, -0.2) is 46.9 Å². The average molecular weight is 413 g/mol. The highest BCUT2D eigenvalue weighted by atomic mass is 32.2. The Morgan fingerprint density at radius 1 is 1.18 bits per heavy atom. The third-order valence-corrected chi connectivity index (χ3v) is 4.76. The van der Waals surface area contributed by atoms with Crippen LogP contribution in [-0.2, 0) is 16.6 Å². The van der Waals surface area contributed by atoms with E-state index in [1.54, 1.807) is 7.05 Å². The largest absolute Gasteiger partial charge is 0.490 e. The first-order valence-electron chi connectivity index (χ1n) is 9.76. The Bertz CT molecular complexity index is 733. The fraction of sp³-hybridized carbons (Fsp3) is 0.650. The fourth-order valence-electron chi connectivity index (χ4n) is 2.80. The minimum Gasteiger partial charge on any atom is -0.490 e. The molecule has 0 aromatic heterocycles. The maximum Gasteiger partial charge on any atom is 0.208 e. The number of ether oxygens (including phenoxy) is 1. The molecule has 1 unspecified atom stereocenters. The Hall–Kier alpha value is -1.80. The first-order chi connectivity index (χ1) is 13.1. The van der Waals surface area contributed by atoms with E-state index in [-0.39, 0.29) is 6.10 Å². The highest BCUT2D eigenvalue weighted by molar-refractivity contribution is 7.88. The lowest BCUT2D eigenvalue weighted by Gasteiger charge is -2.20. The number of aliphatic imine (C=N–C) groups is 1. The number of guanidine groups is 1. The normalized spacial score (nSPS) is 13.5. The van der Waals surface area contributed by atoms with Crippen molar-refractivity contribution in [3.63, 3.8) is 0 Å². The molecule has 0 saturated heterocycles. The molecule has 0 radical (unpaired) electrons. The molecular weight excluding hydrogens is 376 g/mol. The summed E-state index contributed by atoms with van der Waals surface area (Å²) < 4.78 is 30.8. The second-order valence-electron chi connectivity index (χ2n) is 7.54. The van der Waals surface area contributed by atoms with Crippen LogP contribution >= 0.6 is 0 Å². The molecule has 0 heterocycles. The molecule has 0 aliphatic rings. The van der Waals surface area contributed by atoms with Gasteiger partial charge in [-0.25, -0.2) is 13.1 Å². The van der Waals surface area contributed by atoms with Gasteiger partial charge in [-0.15, -0.1) is 0 Å². The van der Waals surface area contributed by atoms with Crippen LogP contribution in [0, 0.1) is 12.8 Å². The minimum atomic E-state index is -3.14. The van der Waals surface area contributed by atoms with Crippen LogP contribution in [0.2, 0.25) is 0 Å². The SMILES string of the molecule is CN=C(NCCCNS(C)(=O)=O)NCc1ccc(C)cc1OC(C)CC(C)C. The van der Waals surface area contributed by atoms with E-state index in [0.29, 0.717) is 37.9 Å². The number of sulfonamides is 1. The van der Waals surface area contributed by atoms with E-state index >= 15 is 0 Å². The molecule has 0 amide bonds. The number of hydrogen-bond donors (Lipinski definition) is 3. The highest BCUT2D eigenvalue weighted by Crippen LogP contribution is 2.23. The van der Waals surface area contributed by atoms with Gasteiger partial charge in [-0.3, -0.25) is 4.99 Å². The number of benzene rings is 1. The summed E-state index contributed by atoms with van der Waals surface area (Å²) in [6.45, 7) is 10.1. The molecule has 1 atom stereocenters. The Balaban J connectivity index is 2.57. The third-order valence-electron chi connectivity index (χ3n) is 4.03. The second-order valence-corrected chi connectivity index (χ2v) is 9.37. The fourth-order valence-corrected chi connectivity index (χ4v) is 3.31. The third kappa shape index (κ3) is 10.5. The summed E-state index contributed by atoms with van der Waals surface area (Å²) in [6, 6.07) is 6.22. The molecule has 160 valence electrons. The number of nitrogens with one attached hydrogen (secondary N) is 3. The van der Waals surface area contributed by atoms with Crippen LogP contribution in [0.4, 0.5) is 0 Å². The summed E-state index contributed by atoms with van der Waals surface area (Å²) in [4.78, 5) is 4.21. The Morgan fingerprint density at radius 2 is 1.89 bits per heavy atom. The van der Waals surface area contributed by atoms with Gasteiger partial charge in [0.2, 0.25) is 10.0 Å². The van der Waals surface area contributed by atoms with Crippen molar-refractivity contribution in [2.45, 2.75) is 53.2 Å². The molecule has 3 N–H and O–H groups in total. The van der Waals surface area contributed by atoms with Crippen molar-refractivity contribution >= 4 is 16.0 Å². The zero-order valence-electron chi connectivity index (χ0n) is 18.0. The Labute approximate surface area is 170 Å². The van der Waals surface area contributed by atoms with Gasteiger partial charge in [0.25, 0.3) is 0 Å². The quantitative estimate of drug-likeness (QED) is 0.295. The molecule has 1 aromatic carbocycles. The standard InChI is InChI=1S/C20H36N4O3S/c1-15(2)12-17(4)27-19-13-16(3)8-9-18(19)14-23-20(21-5)22-10-7-11-24-28(6,25)26/h8-9,13,15,17,24H,7,10-12,14H2,1-6H3,(H2,21,22,23). The molecule has 0 saturated carbocycles. The van der Waals surface area contributed by atoms with Crippen LogP contribution in [0.15, 0.2) is 23.2 Å². The van der Waals surface area contributed by atoms with Gasteiger partial charge in [-0.1, -0.05) is 26.0 Å². The summed E-state index contributed by atoms with van der Waals surface area (Å²) in [5.74, 6) is 2.15. The molecule has 0 aliphatic carbocycles. The zero-order chi connectivity index (χ0) is 21.2. The van der Waals surface area contributed by atoms with Gasteiger partial charge < -0.3 is 15.4 Å². The van der Waals surface area contributed by atoms with Gasteiger partial charge in [0.1, 0.15) is 5.75 Å². The summed E-state index contributed by atoms with van der Waals surface area (Å²) in [6.07, 6.45) is 2.98. The van der Waals surface area contributed by atoms with Crippen LogP contribution in [0.3, 0.4) is 0 Å². The van der Waals surface area contributed by atoms with Gasteiger partial charge in [-0.05, 0) is 44.2 Å². The van der Waals surface area contributed by atoms with Gasteiger partial charge in [0, 0.05) is 32.2 Å². The lowest BCUT2D eigenvalue weighted by molar-refractivity contribution is 0.191. The maximum absolute atomic E-state index is 11.1. The number of hydrogen-bond acceptors (Lipinski definition) is 4. The zero-order valence-corrected chi connectivity index (χ0v) is 18.8. The predicted molar refractivity (Wildman–Crippen MR) is 116 cm³/mol. The van der Waals surface area contributed by atoms with E-state index in [9.17, 15) is 8.42 Å².